The summed E-state index contributed by atoms with van der Waals surface area (Å²) in [5.74, 6) is 0.364. The number of amides is 2. The fourth-order valence-corrected chi connectivity index (χ4v) is 4.68. The molecule has 0 saturated heterocycles. The van der Waals surface area contributed by atoms with E-state index in [0.717, 1.165) is 15.2 Å². The molecule has 0 fully saturated rings. The molecule has 0 radical (unpaired) electrons. The van der Waals surface area contributed by atoms with Crippen LogP contribution in [0.15, 0.2) is 58.9 Å². The number of aromatic nitrogens is 2. The summed E-state index contributed by atoms with van der Waals surface area (Å²) in [7, 11) is 0. The Kier molecular flexibility index (Phi) is 5.68. The second-order valence-electron chi connectivity index (χ2n) is 6.22. The van der Waals surface area contributed by atoms with Gasteiger partial charge in [-0.3, -0.25) is 14.5 Å². The van der Waals surface area contributed by atoms with Crippen LogP contribution in [-0.2, 0) is 6.54 Å². The van der Waals surface area contributed by atoms with Crippen molar-refractivity contribution in [3.63, 3.8) is 0 Å². The van der Waals surface area contributed by atoms with Crippen LogP contribution in [0.2, 0.25) is 0 Å². The lowest BCUT2D eigenvalue weighted by Gasteiger charge is -2.12. The average molecular weight is 411 g/mol. The molecule has 3 aromatic rings. The molecule has 0 bridgehead atoms. The molecule has 1 aromatic heterocycles. The number of hydrogen-bond acceptors (Lipinski definition) is 7. The Labute approximate surface area is 171 Å². The summed E-state index contributed by atoms with van der Waals surface area (Å²) in [6.45, 7) is 1.12. The van der Waals surface area contributed by atoms with Crippen molar-refractivity contribution in [2.24, 2.45) is 0 Å². The van der Waals surface area contributed by atoms with Crippen LogP contribution in [0.1, 0.15) is 32.7 Å². The minimum Gasteiger partial charge on any atom is -0.356 e. The standard InChI is InChI=1S/C20H18N4O2S2/c25-17-15-9-4-5-10-16(15)18(26)24(17)11-6-12-27-20-23-22-19(28-20)21-13-14-7-2-1-3-8-14/h1-5,7-10H,6,11-13H2,(H,21,22). The van der Waals surface area contributed by atoms with Crippen LogP contribution in [0.5, 0.6) is 0 Å². The predicted molar refractivity (Wildman–Crippen MR) is 111 cm³/mol. The van der Waals surface area contributed by atoms with E-state index in [1.165, 1.54) is 21.8 Å². The third-order valence-electron chi connectivity index (χ3n) is 4.32. The van der Waals surface area contributed by atoms with Crippen LogP contribution < -0.4 is 5.32 Å². The molecule has 1 aliphatic rings. The van der Waals surface area contributed by atoms with Crippen molar-refractivity contribution in [3.8, 4) is 0 Å². The molecule has 4 rings (SSSR count). The lowest BCUT2D eigenvalue weighted by Crippen LogP contribution is -2.30. The number of carbonyl (C=O) groups excluding carboxylic acids is 2. The second kappa shape index (κ2) is 8.53. The zero-order chi connectivity index (χ0) is 19.3. The highest BCUT2D eigenvalue weighted by Gasteiger charge is 2.34. The predicted octanol–water partition coefficient (Wildman–Crippen LogP) is 3.93. The first kappa shape index (κ1) is 18.6. The van der Waals surface area contributed by atoms with Gasteiger partial charge in [0, 0.05) is 18.8 Å². The van der Waals surface area contributed by atoms with Crippen molar-refractivity contribution < 1.29 is 9.59 Å². The minimum atomic E-state index is -0.200. The Bertz CT molecular complexity index is 956. The maximum absolute atomic E-state index is 12.3. The number of benzene rings is 2. The highest BCUT2D eigenvalue weighted by atomic mass is 32.2. The minimum absolute atomic E-state index is 0.200. The van der Waals surface area contributed by atoms with E-state index in [0.29, 0.717) is 30.6 Å². The van der Waals surface area contributed by atoms with Gasteiger partial charge in [0.25, 0.3) is 11.8 Å². The first-order chi connectivity index (χ1) is 13.7. The van der Waals surface area contributed by atoms with E-state index in [1.54, 1.807) is 36.0 Å². The molecule has 1 N–H and O–H groups in total. The quantitative estimate of drug-likeness (QED) is 0.345. The smallest absolute Gasteiger partial charge is 0.261 e. The molecule has 1 aliphatic heterocycles. The summed E-state index contributed by atoms with van der Waals surface area (Å²) in [4.78, 5) is 26.0. The first-order valence-corrected chi connectivity index (χ1v) is 10.7. The van der Waals surface area contributed by atoms with E-state index in [-0.39, 0.29) is 11.8 Å². The Morgan fingerprint density at radius 1 is 0.929 bits per heavy atom. The van der Waals surface area contributed by atoms with Crippen molar-refractivity contribution in [1.29, 1.82) is 0 Å². The molecule has 28 heavy (non-hydrogen) atoms. The Morgan fingerprint density at radius 2 is 1.61 bits per heavy atom. The zero-order valence-corrected chi connectivity index (χ0v) is 16.6. The van der Waals surface area contributed by atoms with Crippen LogP contribution in [0.25, 0.3) is 0 Å². The van der Waals surface area contributed by atoms with Gasteiger partial charge in [0.05, 0.1) is 11.1 Å². The summed E-state index contributed by atoms with van der Waals surface area (Å²) in [6.07, 6.45) is 0.711. The van der Waals surface area contributed by atoms with Crippen LogP contribution in [0.4, 0.5) is 5.13 Å². The van der Waals surface area contributed by atoms with E-state index < -0.39 is 0 Å². The highest BCUT2D eigenvalue weighted by molar-refractivity contribution is 8.01. The number of nitrogens with zero attached hydrogens (tertiary/aromatic N) is 3. The fourth-order valence-electron chi connectivity index (χ4n) is 2.94. The Balaban J connectivity index is 1.23. The number of fused-ring (bicyclic) bond motifs is 1. The van der Waals surface area contributed by atoms with Crippen molar-refractivity contribution in [1.82, 2.24) is 15.1 Å². The number of imide groups is 1. The lowest BCUT2D eigenvalue weighted by molar-refractivity contribution is 0.0655. The fraction of sp³-hybridized carbons (Fsp3) is 0.200. The van der Waals surface area contributed by atoms with E-state index in [9.17, 15) is 9.59 Å². The number of rotatable bonds is 8. The number of anilines is 1. The third-order valence-corrected chi connectivity index (χ3v) is 6.42. The Hall–Kier alpha value is -2.71. The summed E-state index contributed by atoms with van der Waals surface area (Å²) < 4.78 is 0.873. The molecule has 2 amide bonds. The Morgan fingerprint density at radius 3 is 2.32 bits per heavy atom. The molecule has 2 heterocycles. The summed E-state index contributed by atoms with van der Waals surface area (Å²) >= 11 is 3.10. The van der Waals surface area contributed by atoms with Gasteiger partial charge in [-0.15, -0.1) is 10.2 Å². The van der Waals surface area contributed by atoms with Gasteiger partial charge in [-0.1, -0.05) is 65.6 Å². The van der Waals surface area contributed by atoms with E-state index in [2.05, 4.69) is 27.6 Å². The number of carbonyl (C=O) groups is 2. The van der Waals surface area contributed by atoms with Crippen LogP contribution in [0.3, 0.4) is 0 Å². The van der Waals surface area contributed by atoms with Crippen LogP contribution >= 0.6 is 23.1 Å². The number of nitrogens with one attached hydrogen (secondary N) is 1. The largest absolute Gasteiger partial charge is 0.356 e. The van der Waals surface area contributed by atoms with Gasteiger partial charge in [0.15, 0.2) is 4.34 Å². The molecule has 2 aromatic carbocycles. The van der Waals surface area contributed by atoms with Gasteiger partial charge >= 0.3 is 0 Å². The van der Waals surface area contributed by atoms with E-state index in [1.807, 2.05) is 18.2 Å². The van der Waals surface area contributed by atoms with Crippen molar-refractivity contribution in [3.05, 3.63) is 71.3 Å². The van der Waals surface area contributed by atoms with Crippen LogP contribution in [-0.4, -0.2) is 39.2 Å². The van der Waals surface area contributed by atoms with Gasteiger partial charge in [-0.2, -0.15) is 0 Å². The molecular weight excluding hydrogens is 392 g/mol. The molecular formula is C20H18N4O2S2. The van der Waals surface area contributed by atoms with Gasteiger partial charge in [-0.05, 0) is 24.1 Å². The molecule has 0 spiro atoms. The average Bonchev–Trinajstić information content (AvgIpc) is 3.28. The van der Waals surface area contributed by atoms with Crippen molar-refractivity contribution in [2.75, 3.05) is 17.6 Å². The van der Waals surface area contributed by atoms with Crippen molar-refractivity contribution >= 4 is 40.0 Å². The van der Waals surface area contributed by atoms with E-state index >= 15 is 0 Å². The molecule has 6 nitrogen and oxygen atoms in total. The number of thioether (sulfide) groups is 1. The molecule has 0 atom stereocenters. The normalized spacial score (nSPS) is 13.1. The molecule has 0 saturated carbocycles. The molecule has 142 valence electrons. The molecule has 0 aliphatic carbocycles. The first-order valence-electron chi connectivity index (χ1n) is 8.92. The second-order valence-corrected chi connectivity index (χ2v) is 8.54. The van der Waals surface area contributed by atoms with Gasteiger partial charge in [0.1, 0.15) is 0 Å². The monoisotopic (exact) mass is 410 g/mol. The van der Waals surface area contributed by atoms with Gasteiger partial charge in [0.2, 0.25) is 5.13 Å². The summed E-state index contributed by atoms with van der Waals surface area (Å²) in [5.41, 5.74) is 2.18. The number of hydrogen-bond donors (Lipinski definition) is 1. The van der Waals surface area contributed by atoms with Crippen molar-refractivity contribution in [2.45, 2.75) is 17.3 Å². The maximum atomic E-state index is 12.3. The summed E-state index contributed by atoms with van der Waals surface area (Å²) in [5, 5.41) is 12.4. The van der Waals surface area contributed by atoms with Gasteiger partial charge < -0.3 is 5.32 Å². The van der Waals surface area contributed by atoms with Crippen LogP contribution in [0, 0.1) is 0 Å². The zero-order valence-electron chi connectivity index (χ0n) is 15.0. The maximum Gasteiger partial charge on any atom is 0.261 e. The topological polar surface area (TPSA) is 75.2 Å². The lowest BCUT2D eigenvalue weighted by atomic mass is 10.1. The summed E-state index contributed by atoms with van der Waals surface area (Å²) in [6, 6.07) is 17.1. The highest BCUT2D eigenvalue weighted by Crippen LogP contribution is 2.27. The SMILES string of the molecule is O=C1c2ccccc2C(=O)N1CCCSc1nnc(NCc2ccccc2)s1. The van der Waals surface area contributed by atoms with Gasteiger partial charge in [-0.25, -0.2) is 0 Å². The molecule has 8 heteroatoms. The van der Waals surface area contributed by atoms with E-state index in [4.69, 9.17) is 0 Å². The molecule has 0 unspecified atom stereocenters. The third kappa shape index (κ3) is 4.07.